The Morgan fingerprint density at radius 1 is 1.00 bits per heavy atom. The minimum absolute atomic E-state index is 0.0763. The Bertz CT molecular complexity index is 1050. The summed E-state index contributed by atoms with van der Waals surface area (Å²) in [5.74, 6) is 0. The highest BCUT2D eigenvalue weighted by molar-refractivity contribution is 5.92. The summed E-state index contributed by atoms with van der Waals surface area (Å²) in [6.45, 7) is 8.72. The predicted octanol–water partition coefficient (Wildman–Crippen LogP) is 5.78. The molecule has 0 spiro atoms. The number of alkyl halides is 3. The third-order valence-electron chi connectivity index (χ3n) is 5.52. The molecule has 1 heterocycles. The zero-order valence-corrected chi connectivity index (χ0v) is 17.2. The quantitative estimate of drug-likeness (QED) is 0.520. The molecular weight excluding hydrogens is 361 g/mol. The van der Waals surface area contributed by atoms with Crippen molar-refractivity contribution in [2.45, 2.75) is 47.2 Å². The average molecular weight is 387 g/mol. The predicted molar refractivity (Wildman–Crippen MR) is 106 cm³/mol. The lowest BCUT2D eigenvalue weighted by Gasteiger charge is -2.27. The van der Waals surface area contributed by atoms with Crippen LogP contribution in [-0.2, 0) is 13.5 Å². The molecule has 2 aromatic carbocycles. The van der Waals surface area contributed by atoms with Crippen LogP contribution in [0.4, 0.5) is 13.2 Å². The SMILES string of the molecule is Cc1cc(C)c(C)c(-c2c3ccc(CC(C)(C)C(F)(F)F)cc3nc[n+]2C)c1. The molecule has 1 aromatic heterocycles. The Hall–Kier alpha value is -2.43. The largest absolute Gasteiger partial charge is 0.394 e. The lowest BCUT2D eigenvalue weighted by Crippen LogP contribution is -2.34. The van der Waals surface area contributed by atoms with E-state index >= 15 is 0 Å². The van der Waals surface area contributed by atoms with Crippen molar-refractivity contribution in [2.24, 2.45) is 12.5 Å². The fraction of sp³-hybridized carbons (Fsp3) is 0.391. The molecule has 0 radical (unpaired) electrons. The summed E-state index contributed by atoms with van der Waals surface area (Å²) in [6, 6.07) is 9.77. The Morgan fingerprint density at radius 3 is 2.32 bits per heavy atom. The standard InChI is InChI=1S/C23H26F3N2/c1-14-9-15(2)16(3)19(10-14)21-18-8-7-17(11-20(18)27-13-28(21)6)12-22(4,5)23(24,25)26/h7-11,13H,12H2,1-6H3/q+1. The fourth-order valence-electron chi connectivity index (χ4n) is 3.62. The fourth-order valence-corrected chi connectivity index (χ4v) is 3.62. The van der Waals surface area contributed by atoms with E-state index in [4.69, 9.17) is 0 Å². The molecule has 2 nitrogen and oxygen atoms in total. The van der Waals surface area contributed by atoms with Gasteiger partial charge in [0, 0.05) is 5.56 Å². The highest BCUT2D eigenvalue weighted by atomic mass is 19.4. The number of benzene rings is 2. The first-order valence-corrected chi connectivity index (χ1v) is 9.33. The van der Waals surface area contributed by atoms with Gasteiger partial charge in [0.2, 0.25) is 0 Å². The third kappa shape index (κ3) is 3.62. The second kappa shape index (κ2) is 6.87. The minimum Gasteiger partial charge on any atom is -0.232 e. The van der Waals surface area contributed by atoms with E-state index in [9.17, 15) is 13.2 Å². The van der Waals surface area contributed by atoms with Crippen LogP contribution in [0.3, 0.4) is 0 Å². The van der Waals surface area contributed by atoms with E-state index in [0.29, 0.717) is 11.1 Å². The number of aryl methyl sites for hydroxylation is 3. The summed E-state index contributed by atoms with van der Waals surface area (Å²) in [4.78, 5) is 4.48. The smallest absolute Gasteiger partial charge is 0.232 e. The molecule has 148 valence electrons. The van der Waals surface area contributed by atoms with Crippen molar-refractivity contribution in [1.82, 2.24) is 4.98 Å². The van der Waals surface area contributed by atoms with Gasteiger partial charge in [-0.15, -0.1) is 0 Å². The van der Waals surface area contributed by atoms with Crippen LogP contribution < -0.4 is 4.57 Å². The number of fused-ring (bicyclic) bond motifs is 1. The normalized spacial score (nSPS) is 12.6. The van der Waals surface area contributed by atoms with Crippen LogP contribution in [0, 0.1) is 26.2 Å². The molecule has 0 aliphatic rings. The van der Waals surface area contributed by atoms with Crippen molar-refractivity contribution in [3.63, 3.8) is 0 Å². The Balaban J connectivity index is 2.16. The molecule has 0 amide bonds. The average Bonchev–Trinajstić information content (AvgIpc) is 2.57. The van der Waals surface area contributed by atoms with Crippen molar-refractivity contribution in [3.8, 4) is 11.3 Å². The van der Waals surface area contributed by atoms with Gasteiger partial charge in [-0.2, -0.15) is 13.2 Å². The summed E-state index contributed by atoms with van der Waals surface area (Å²) in [5.41, 5.74) is 5.28. The summed E-state index contributed by atoms with van der Waals surface area (Å²) in [7, 11) is 1.94. The third-order valence-corrected chi connectivity index (χ3v) is 5.52. The van der Waals surface area contributed by atoms with Crippen LogP contribution in [-0.4, -0.2) is 11.2 Å². The number of aromatic nitrogens is 2. The molecule has 0 saturated heterocycles. The van der Waals surface area contributed by atoms with Crippen LogP contribution in [0.25, 0.3) is 22.2 Å². The lowest BCUT2D eigenvalue weighted by molar-refractivity contribution is -0.662. The van der Waals surface area contributed by atoms with Gasteiger partial charge in [-0.1, -0.05) is 31.5 Å². The highest BCUT2D eigenvalue weighted by Gasteiger charge is 2.47. The molecule has 28 heavy (non-hydrogen) atoms. The van der Waals surface area contributed by atoms with E-state index in [1.165, 1.54) is 30.5 Å². The molecule has 5 heteroatoms. The van der Waals surface area contributed by atoms with Gasteiger partial charge in [0.05, 0.1) is 17.8 Å². The maximum atomic E-state index is 13.3. The van der Waals surface area contributed by atoms with Crippen LogP contribution >= 0.6 is 0 Å². The van der Waals surface area contributed by atoms with Crippen LogP contribution in [0.5, 0.6) is 0 Å². The Labute approximate surface area is 164 Å². The zero-order valence-electron chi connectivity index (χ0n) is 17.2. The first-order valence-electron chi connectivity index (χ1n) is 9.33. The molecule has 0 atom stereocenters. The van der Waals surface area contributed by atoms with E-state index in [1.54, 1.807) is 18.5 Å². The molecule has 0 bridgehead atoms. The van der Waals surface area contributed by atoms with E-state index in [0.717, 1.165) is 16.6 Å². The van der Waals surface area contributed by atoms with Crippen LogP contribution in [0.2, 0.25) is 0 Å². The van der Waals surface area contributed by atoms with Crippen molar-refractivity contribution in [3.05, 3.63) is 58.9 Å². The monoisotopic (exact) mass is 387 g/mol. The van der Waals surface area contributed by atoms with E-state index < -0.39 is 11.6 Å². The first kappa shape index (κ1) is 20.3. The topological polar surface area (TPSA) is 16.8 Å². The summed E-state index contributed by atoms with van der Waals surface area (Å²) in [5, 5.41) is 0.937. The number of hydrogen-bond acceptors (Lipinski definition) is 1. The molecule has 0 unspecified atom stereocenters. The van der Waals surface area contributed by atoms with Crippen molar-refractivity contribution >= 4 is 10.9 Å². The molecule has 3 rings (SSSR count). The van der Waals surface area contributed by atoms with Crippen molar-refractivity contribution in [2.75, 3.05) is 0 Å². The van der Waals surface area contributed by atoms with E-state index in [2.05, 4.69) is 37.9 Å². The molecule has 0 N–H and O–H groups in total. The molecule has 0 aliphatic heterocycles. The van der Waals surface area contributed by atoms with Gasteiger partial charge in [0.15, 0.2) is 5.52 Å². The van der Waals surface area contributed by atoms with Gasteiger partial charge in [-0.3, -0.25) is 0 Å². The lowest BCUT2D eigenvalue weighted by atomic mass is 9.84. The first-order chi connectivity index (χ1) is 12.9. The van der Waals surface area contributed by atoms with E-state index in [1.807, 2.05) is 17.7 Å². The maximum absolute atomic E-state index is 13.3. The molecule has 0 saturated carbocycles. The zero-order chi connectivity index (χ0) is 20.9. The van der Waals surface area contributed by atoms with Gasteiger partial charge >= 0.3 is 6.18 Å². The van der Waals surface area contributed by atoms with Crippen LogP contribution in [0.15, 0.2) is 36.7 Å². The Morgan fingerprint density at radius 2 is 1.68 bits per heavy atom. The van der Waals surface area contributed by atoms with Gasteiger partial charge < -0.3 is 0 Å². The number of rotatable bonds is 3. The molecular formula is C23H26F3N2+. The van der Waals surface area contributed by atoms with Gasteiger partial charge in [-0.25, -0.2) is 4.57 Å². The summed E-state index contributed by atoms with van der Waals surface area (Å²) in [6.07, 6.45) is -2.60. The van der Waals surface area contributed by atoms with Crippen molar-refractivity contribution < 1.29 is 17.7 Å². The second-order valence-electron chi connectivity index (χ2n) is 8.37. The highest BCUT2D eigenvalue weighted by Crippen LogP contribution is 2.40. The van der Waals surface area contributed by atoms with E-state index in [-0.39, 0.29) is 6.42 Å². The molecule has 3 aromatic rings. The van der Waals surface area contributed by atoms with Gasteiger partial charge in [-0.05, 0) is 67.1 Å². The molecule has 0 aliphatic carbocycles. The number of hydrogen-bond donors (Lipinski definition) is 0. The van der Waals surface area contributed by atoms with Crippen molar-refractivity contribution in [1.29, 1.82) is 0 Å². The number of nitrogens with zero attached hydrogens (tertiary/aromatic N) is 2. The summed E-state index contributed by atoms with van der Waals surface area (Å²) < 4.78 is 41.8. The second-order valence-corrected chi connectivity index (χ2v) is 8.37. The number of halogens is 3. The van der Waals surface area contributed by atoms with Crippen LogP contribution in [0.1, 0.15) is 36.1 Å². The van der Waals surface area contributed by atoms with Gasteiger partial charge in [0.1, 0.15) is 5.69 Å². The summed E-state index contributed by atoms with van der Waals surface area (Å²) >= 11 is 0. The molecule has 0 fully saturated rings. The Kier molecular flexibility index (Phi) is 4.98. The maximum Gasteiger partial charge on any atom is 0.394 e. The van der Waals surface area contributed by atoms with Gasteiger partial charge in [0.25, 0.3) is 6.33 Å². The minimum atomic E-state index is -4.25.